The summed E-state index contributed by atoms with van der Waals surface area (Å²) in [5, 5.41) is 0. The Labute approximate surface area is 106 Å². The second kappa shape index (κ2) is 5.12. The van der Waals surface area contributed by atoms with E-state index in [0.717, 1.165) is 0 Å². The third kappa shape index (κ3) is 4.50. The van der Waals surface area contributed by atoms with Gasteiger partial charge in [0.2, 0.25) is 0 Å². The maximum Gasteiger partial charge on any atom is 0.410 e. The number of carbonyl (C=O) groups is 2. The van der Waals surface area contributed by atoms with Gasteiger partial charge in [-0.3, -0.25) is 4.79 Å². The predicted octanol–water partition coefficient (Wildman–Crippen LogP) is 1.90. The molecule has 1 amide bonds. The van der Waals surface area contributed by atoms with Crippen molar-refractivity contribution in [1.82, 2.24) is 4.90 Å². The Morgan fingerprint density at radius 1 is 1.39 bits per heavy atom. The van der Waals surface area contributed by atoms with Gasteiger partial charge in [0.05, 0.1) is 6.54 Å². The Morgan fingerprint density at radius 2 is 2.00 bits per heavy atom. The SMILES string of the molecule is CC(=O)OCC1(F)CCN(C(=O)OC(C)(C)C)C1. The van der Waals surface area contributed by atoms with Crippen LogP contribution in [0.15, 0.2) is 0 Å². The number of nitrogens with zero attached hydrogens (tertiary/aromatic N) is 1. The van der Waals surface area contributed by atoms with Crippen molar-refractivity contribution in [2.75, 3.05) is 19.7 Å². The molecule has 1 fully saturated rings. The summed E-state index contributed by atoms with van der Waals surface area (Å²) < 4.78 is 24.0. The molecule has 0 saturated carbocycles. The van der Waals surface area contributed by atoms with Crippen LogP contribution in [0.25, 0.3) is 0 Å². The molecule has 18 heavy (non-hydrogen) atoms. The van der Waals surface area contributed by atoms with E-state index in [1.807, 2.05) is 0 Å². The Morgan fingerprint density at radius 3 is 2.50 bits per heavy atom. The second-order valence-corrected chi connectivity index (χ2v) is 5.58. The molecule has 104 valence electrons. The lowest BCUT2D eigenvalue weighted by Crippen LogP contribution is -2.39. The van der Waals surface area contributed by atoms with Gasteiger partial charge in [-0.25, -0.2) is 9.18 Å². The van der Waals surface area contributed by atoms with Crippen molar-refractivity contribution in [2.24, 2.45) is 0 Å². The number of halogens is 1. The van der Waals surface area contributed by atoms with Crippen LogP contribution in [0.3, 0.4) is 0 Å². The first-order valence-corrected chi connectivity index (χ1v) is 5.92. The molecule has 1 aliphatic rings. The molecule has 1 heterocycles. The minimum atomic E-state index is -1.66. The van der Waals surface area contributed by atoms with Crippen molar-refractivity contribution in [2.45, 2.75) is 45.4 Å². The molecule has 1 rings (SSSR count). The quantitative estimate of drug-likeness (QED) is 0.712. The van der Waals surface area contributed by atoms with E-state index in [9.17, 15) is 14.0 Å². The summed E-state index contributed by atoms with van der Waals surface area (Å²) in [6, 6.07) is 0. The van der Waals surface area contributed by atoms with Crippen LogP contribution in [0.2, 0.25) is 0 Å². The van der Waals surface area contributed by atoms with E-state index in [1.165, 1.54) is 11.8 Å². The number of ether oxygens (including phenoxy) is 2. The maximum atomic E-state index is 14.2. The van der Waals surface area contributed by atoms with Gasteiger partial charge in [-0.1, -0.05) is 0 Å². The summed E-state index contributed by atoms with van der Waals surface area (Å²) in [6.45, 7) is 6.33. The van der Waals surface area contributed by atoms with Crippen molar-refractivity contribution >= 4 is 12.1 Å². The van der Waals surface area contributed by atoms with E-state index in [2.05, 4.69) is 4.74 Å². The zero-order chi connectivity index (χ0) is 14.0. The minimum Gasteiger partial charge on any atom is -0.462 e. The van der Waals surface area contributed by atoms with Crippen LogP contribution in [-0.4, -0.2) is 47.9 Å². The molecule has 0 bridgehead atoms. The Kier molecular flexibility index (Phi) is 4.19. The fraction of sp³-hybridized carbons (Fsp3) is 0.833. The first kappa shape index (κ1) is 14.7. The van der Waals surface area contributed by atoms with Crippen molar-refractivity contribution in [3.05, 3.63) is 0 Å². The highest BCUT2D eigenvalue weighted by molar-refractivity contribution is 5.69. The average molecular weight is 261 g/mol. The van der Waals surface area contributed by atoms with Crippen molar-refractivity contribution in [3.63, 3.8) is 0 Å². The lowest BCUT2D eigenvalue weighted by molar-refractivity contribution is -0.145. The highest BCUT2D eigenvalue weighted by Gasteiger charge is 2.42. The number of amides is 1. The predicted molar refractivity (Wildman–Crippen MR) is 62.9 cm³/mol. The molecule has 1 aliphatic heterocycles. The molecule has 0 N–H and O–H groups in total. The summed E-state index contributed by atoms with van der Waals surface area (Å²) in [5.41, 5.74) is -2.27. The van der Waals surface area contributed by atoms with Gasteiger partial charge >= 0.3 is 12.1 Å². The molecule has 1 saturated heterocycles. The van der Waals surface area contributed by atoms with Crippen LogP contribution in [0, 0.1) is 0 Å². The fourth-order valence-corrected chi connectivity index (χ4v) is 1.67. The third-order valence-electron chi connectivity index (χ3n) is 2.49. The molecule has 6 heteroatoms. The number of hydrogen-bond donors (Lipinski definition) is 0. The van der Waals surface area contributed by atoms with Crippen LogP contribution < -0.4 is 0 Å². The molecule has 0 spiro atoms. The standard InChI is InChI=1S/C12H20FNO4/c1-9(15)17-8-12(13)5-6-14(7-12)10(16)18-11(2,3)4/h5-8H2,1-4H3. The lowest BCUT2D eigenvalue weighted by Gasteiger charge is -2.25. The molecule has 0 aromatic heterocycles. The molecule has 1 unspecified atom stereocenters. The summed E-state index contributed by atoms with van der Waals surface area (Å²) >= 11 is 0. The first-order chi connectivity index (χ1) is 8.11. The Balaban J connectivity index is 2.49. The normalized spacial score (nSPS) is 23.9. The van der Waals surface area contributed by atoms with Crippen molar-refractivity contribution in [1.29, 1.82) is 0 Å². The molecular formula is C12H20FNO4. The Hall–Kier alpha value is -1.33. The van der Waals surface area contributed by atoms with E-state index in [0.29, 0.717) is 0 Å². The average Bonchev–Trinajstić information content (AvgIpc) is 2.56. The molecule has 1 atom stereocenters. The molecule has 5 nitrogen and oxygen atoms in total. The van der Waals surface area contributed by atoms with E-state index in [4.69, 9.17) is 4.74 Å². The van der Waals surface area contributed by atoms with Gasteiger partial charge in [0.15, 0.2) is 5.67 Å². The van der Waals surface area contributed by atoms with Crippen molar-refractivity contribution in [3.8, 4) is 0 Å². The van der Waals surface area contributed by atoms with Crippen molar-refractivity contribution < 1.29 is 23.5 Å². The topological polar surface area (TPSA) is 55.8 Å². The number of hydrogen-bond acceptors (Lipinski definition) is 4. The van der Waals surface area contributed by atoms with Crippen LogP contribution in [-0.2, 0) is 14.3 Å². The monoisotopic (exact) mass is 261 g/mol. The van der Waals surface area contributed by atoms with Crippen LogP contribution in [0.5, 0.6) is 0 Å². The van der Waals surface area contributed by atoms with Crippen LogP contribution in [0.1, 0.15) is 34.1 Å². The lowest BCUT2D eigenvalue weighted by atomic mass is 10.1. The van der Waals surface area contributed by atoms with Gasteiger partial charge in [-0.2, -0.15) is 0 Å². The van der Waals surface area contributed by atoms with E-state index >= 15 is 0 Å². The van der Waals surface area contributed by atoms with E-state index in [-0.39, 0.29) is 26.1 Å². The molecule has 0 aromatic carbocycles. The largest absolute Gasteiger partial charge is 0.462 e. The third-order valence-corrected chi connectivity index (χ3v) is 2.49. The maximum absolute atomic E-state index is 14.2. The van der Waals surface area contributed by atoms with Gasteiger partial charge in [-0.15, -0.1) is 0 Å². The van der Waals surface area contributed by atoms with Gasteiger partial charge < -0.3 is 14.4 Å². The van der Waals surface area contributed by atoms with E-state index in [1.54, 1.807) is 20.8 Å². The minimum absolute atomic E-state index is 0.102. The van der Waals surface area contributed by atoms with Crippen LogP contribution in [0.4, 0.5) is 9.18 Å². The summed E-state index contributed by atoms with van der Waals surface area (Å²) in [5.74, 6) is -0.525. The van der Waals surface area contributed by atoms with Crippen LogP contribution >= 0.6 is 0 Å². The van der Waals surface area contributed by atoms with E-state index < -0.39 is 23.3 Å². The highest BCUT2D eigenvalue weighted by Crippen LogP contribution is 2.27. The zero-order valence-corrected chi connectivity index (χ0v) is 11.3. The molecule has 0 aliphatic carbocycles. The molecular weight excluding hydrogens is 241 g/mol. The molecule has 0 radical (unpaired) electrons. The smallest absolute Gasteiger partial charge is 0.410 e. The molecule has 0 aromatic rings. The Bertz CT molecular complexity index is 339. The zero-order valence-electron chi connectivity index (χ0n) is 11.3. The number of alkyl halides is 1. The van der Waals surface area contributed by atoms with Gasteiger partial charge in [0.25, 0.3) is 0 Å². The first-order valence-electron chi connectivity index (χ1n) is 5.92. The number of rotatable bonds is 2. The summed E-state index contributed by atoms with van der Waals surface area (Å²) in [6.07, 6.45) is -0.385. The number of esters is 1. The number of carbonyl (C=O) groups excluding carboxylic acids is 2. The van der Waals surface area contributed by atoms with Gasteiger partial charge in [0, 0.05) is 19.9 Å². The highest BCUT2D eigenvalue weighted by atomic mass is 19.1. The summed E-state index contributed by atoms with van der Waals surface area (Å²) in [7, 11) is 0. The van der Waals surface area contributed by atoms with Gasteiger partial charge in [0.1, 0.15) is 12.2 Å². The fourth-order valence-electron chi connectivity index (χ4n) is 1.67. The summed E-state index contributed by atoms with van der Waals surface area (Å²) in [4.78, 5) is 23.7. The second-order valence-electron chi connectivity index (χ2n) is 5.58. The van der Waals surface area contributed by atoms with Gasteiger partial charge in [-0.05, 0) is 20.8 Å². The number of likely N-dealkylation sites (tertiary alicyclic amines) is 1.